The molecule has 2 aromatic heterocycles. The molecule has 1 aliphatic rings. The number of piperidine rings is 1. The third-order valence-electron chi connectivity index (χ3n) is 5.88. The molecule has 1 aliphatic heterocycles. The third-order valence-corrected chi connectivity index (χ3v) is 6.68. The summed E-state index contributed by atoms with van der Waals surface area (Å²) in [5.74, 6) is 2.23. The summed E-state index contributed by atoms with van der Waals surface area (Å²) in [4.78, 5) is 19.8. The maximum absolute atomic E-state index is 12.8. The topological polar surface area (TPSA) is 89.7 Å². The van der Waals surface area contributed by atoms with Gasteiger partial charge in [-0.3, -0.25) is 15.0 Å². The van der Waals surface area contributed by atoms with Gasteiger partial charge in [0.05, 0.1) is 24.1 Å². The number of rotatable bonds is 8. The molecule has 33 heavy (non-hydrogen) atoms. The van der Waals surface area contributed by atoms with E-state index in [1.807, 2.05) is 19.2 Å². The molecule has 3 heterocycles. The molecule has 176 valence electrons. The second kappa shape index (κ2) is 10.4. The van der Waals surface area contributed by atoms with Crippen molar-refractivity contribution < 1.29 is 18.8 Å². The zero-order chi connectivity index (χ0) is 23.4. The van der Waals surface area contributed by atoms with Gasteiger partial charge in [-0.2, -0.15) is 0 Å². The number of benzene rings is 1. The van der Waals surface area contributed by atoms with E-state index in [0.717, 1.165) is 48.3 Å². The Morgan fingerprint density at radius 2 is 2.18 bits per heavy atom. The Kier molecular flexibility index (Phi) is 7.29. The molecule has 4 rings (SSSR count). The number of hydrogen-bond acceptors (Lipinski definition) is 8. The van der Waals surface area contributed by atoms with Crippen LogP contribution in [0.2, 0.25) is 0 Å². The monoisotopic (exact) mass is 470 g/mol. The Labute approximate surface area is 197 Å². The lowest BCUT2D eigenvalue weighted by Crippen LogP contribution is -2.33. The maximum Gasteiger partial charge on any atom is 0.257 e. The number of carbonyl (C=O) groups is 1. The van der Waals surface area contributed by atoms with E-state index in [0.29, 0.717) is 28.8 Å². The van der Waals surface area contributed by atoms with E-state index in [1.54, 1.807) is 25.3 Å². The summed E-state index contributed by atoms with van der Waals surface area (Å²) in [6.07, 6.45) is 2.52. The summed E-state index contributed by atoms with van der Waals surface area (Å²) in [6.45, 7) is 9.34. The van der Waals surface area contributed by atoms with Crippen LogP contribution in [0.25, 0.3) is 0 Å². The molecule has 1 amide bonds. The molecule has 0 unspecified atom stereocenters. The van der Waals surface area contributed by atoms with E-state index < -0.39 is 0 Å². The van der Waals surface area contributed by atoms with Gasteiger partial charge in [-0.05, 0) is 57.4 Å². The maximum atomic E-state index is 12.8. The first-order valence-electron chi connectivity index (χ1n) is 11.1. The highest BCUT2D eigenvalue weighted by molar-refractivity contribution is 7.14. The van der Waals surface area contributed by atoms with Crippen LogP contribution in [0.3, 0.4) is 0 Å². The number of amides is 1. The molecule has 8 nitrogen and oxygen atoms in total. The van der Waals surface area contributed by atoms with Crippen molar-refractivity contribution in [1.29, 1.82) is 0 Å². The lowest BCUT2D eigenvalue weighted by molar-refractivity contribution is 0.102. The Morgan fingerprint density at radius 1 is 1.33 bits per heavy atom. The molecule has 9 heteroatoms. The number of thiazole rings is 1. The van der Waals surface area contributed by atoms with Gasteiger partial charge < -0.3 is 14.0 Å². The summed E-state index contributed by atoms with van der Waals surface area (Å²) >= 11 is 1.44. The van der Waals surface area contributed by atoms with Crippen LogP contribution in [0, 0.1) is 19.8 Å². The van der Waals surface area contributed by atoms with Crippen LogP contribution >= 0.6 is 11.3 Å². The van der Waals surface area contributed by atoms with Crippen LogP contribution in [-0.2, 0) is 13.2 Å². The predicted molar refractivity (Wildman–Crippen MR) is 127 cm³/mol. The molecule has 1 N–H and O–H groups in total. The number of nitrogens with zero attached hydrogens (tertiary/aromatic N) is 3. The first kappa shape index (κ1) is 23.3. The Bertz CT molecular complexity index is 1090. The van der Waals surface area contributed by atoms with Gasteiger partial charge in [-0.25, -0.2) is 4.98 Å². The first-order chi connectivity index (χ1) is 15.9. The van der Waals surface area contributed by atoms with Crippen molar-refractivity contribution in [2.24, 2.45) is 5.92 Å². The largest absolute Gasteiger partial charge is 0.493 e. The van der Waals surface area contributed by atoms with Crippen LogP contribution in [0.15, 0.2) is 28.1 Å². The predicted octanol–water partition coefficient (Wildman–Crippen LogP) is 4.82. The molecule has 0 spiro atoms. The first-order valence-corrected chi connectivity index (χ1v) is 12.0. The number of aromatic nitrogens is 2. The molecule has 1 saturated heterocycles. The summed E-state index contributed by atoms with van der Waals surface area (Å²) in [7, 11) is 1.55. The molecule has 0 radical (unpaired) electrons. The van der Waals surface area contributed by atoms with Crippen molar-refractivity contribution in [3.63, 3.8) is 0 Å². The highest BCUT2D eigenvalue weighted by Crippen LogP contribution is 2.30. The van der Waals surface area contributed by atoms with Crippen LogP contribution in [-0.4, -0.2) is 41.1 Å². The fraction of sp³-hybridized carbons (Fsp3) is 0.458. The number of anilines is 1. The number of hydrogen-bond donors (Lipinski definition) is 1. The van der Waals surface area contributed by atoms with Crippen LogP contribution in [0.5, 0.6) is 11.5 Å². The molecular weight excluding hydrogens is 440 g/mol. The molecule has 0 aliphatic carbocycles. The van der Waals surface area contributed by atoms with Gasteiger partial charge in [-0.15, -0.1) is 11.3 Å². The highest BCUT2D eigenvalue weighted by atomic mass is 32.1. The highest BCUT2D eigenvalue weighted by Gasteiger charge is 2.18. The lowest BCUT2D eigenvalue weighted by Gasteiger charge is -2.30. The van der Waals surface area contributed by atoms with E-state index in [9.17, 15) is 4.79 Å². The van der Waals surface area contributed by atoms with Gasteiger partial charge >= 0.3 is 0 Å². The minimum absolute atomic E-state index is 0.238. The van der Waals surface area contributed by atoms with Gasteiger partial charge in [0.1, 0.15) is 12.4 Å². The van der Waals surface area contributed by atoms with E-state index in [4.69, 9.17) is 14.0 Å². The average Bonchev–Trinajstić information content (AvgIpc) is 3.37. The summed E-state index contributed by atoms with van der Waals surface area (Å²) in [5.41, 5.74) is 3.15. The van der Waals surface area contributed by atoms with Crippen molar-refractivity contribution in [3.05, 3.63) is 51.9 Å². The minimum Gasteiger partial charge on any atom is -0.493 e. The zero-order valence-electron chi connectivity index (χ0n) is 19.5. The van der Waals surface area contributed by atoms with Gasteiger partial charge in [0, 0.05) is 24.0 Å². The van der Waals surface area contributed by atoms with Gasteiger partial charge in [0.15, 0.2) is 16.6 Å². The number of carbonyl (C=O) groups excluding carboxylic acids is 1. The smallest absolute Gasteiger partial charge is 0.257 e. The fourth-order valence-corrected chi connectivity index (χ4v) is 4.75. The van der Waals surface area contributed by atoms with E-state index in [1.165, 1.54) is 24.2 Å². The van der Waals surface area contributed by atoms with Gasteiger partial charge in [0.2, 0.25) is 0 Å². The Hall–Kier alpha value is -2.91. The second-order valence-electron chi connectivity index (χ2n) is 8.54. The molecule has 0 bridgehead atoms. The SMILES string of the molecule is COc1cc(C(=O)Nc2nc(CN3CCC[C@@H](C)C3)cs2)ccc1OCc1c(C)noc1C. The van der Waals surface area contributed by atoms with E-state index >= 15 is 0 Å². The third kappa shape index (κ3) is 5.72. The quantitative estimate of drug-likeness (QED) is 0.505. The molecule has 0 saturated carbocycles. The minimum atomic E-state index is -0.238. The van der Waals surface area contributed by atoms with Crippen LogP contribution in [0.4, 0.5) is 5.13 Å². The summed E-state index contributed by atoms with van der Waals surface area (Å²) in [6, 6.07) is 5.11. The standard InChI is InChI=1S/C24H30N4O4S/c1-15-6-5-9-28(11-15)12-19-14-33-24(25-19)26-23(29)18-7-8-21(22(10-18)30-4)31-13-20-16(2)27-32-17(20)3/h7-8,10,14-15H,5-6,9,11-13H2,1-4H3,(H,25,26,29)/t15-/m1/s1. The van der Waals surface area contributed by atoms with Crippen molar-refractivity contribution in [2.75, 3.05) is 25.5 Å². The lowest BCUT2D eigenvalue weighted by atomic mass is 10.0. The molecular formula is C24H30N4O4S. The number of aryl methyl sites for hydroxylation is 2. The van der Waals surface area contributed by atoms with Crippen LogP contribution in [0.1, 0.15) is 52.8 Å². The average molecular weight is 471 g/mol. The Balaban J connectivity index is 1.37. The van der Waals surface area contributed by atoms with Crippen molar-refractivity contribution in [1.82, 2.24) is 15.0 Å². The fourth-order valence-electron chi connectivity index (χ4n) is 4.05. The summed E-state index contributed by atoms with van der Waals surface area (Å²) < 4.78 is 16.5. The number of ether oxygens (including phenoxy) is 2. The number of likely N-dealkylation sites (tertiary alicyclic amines) is 1. The van der Waals surface area contributed by atoms with Gasteiger partial charge in [-0.1, -0.05) is 12.1 Å². The molecule has 1 atom stereocenters. The number of methoxy groups -OCH3 is 1. The number of nitrogens with one attached hydrogen (secondary N) is 1. The van der Waals surface area contributed by atoms with E-state index in [2.05, 4.69) is 27.3 Å². The Morgan fingerprint density at radius 3 is 2.91 bits per heavy atom. The summed E-state index contributed by atoms with van der Waals surface area (Å²) in [5, 5.41) is 9.45. The molecule has 1 fully saturated rings. The van der Waals surface area contributed by atoms with Crippen molar-refractivity contribution in [2.45, 2.75) is 46.8 Å². The van der Waals surface area contributed by atoms with Crippen molar-refractivity contribution >= 4 is 22.4 Å². The normalized spacial score (nSPS) is 16.5. The second-order valence-corrected chi connectivity index (χ2v) is 9.40. The van der Waals surface area contributed by atoms with Crippen molar-refractivity contribution in [3.8, 4) is 11.5 Å². The van der Waals surface area contributed by atoms with Crippen LogP contribution < -0.4 is 14.8 Å². The zero-order valence-corrected chi connectivity index (χ0v) is 20.3. The molecule has 1 aromatic carbocycles. The van der Waals surface area contributed by atoms with E-state index in [-0.39, 0.29) is 5.91 Å². The van der Waals surface area contributed by atoms with Gasteiger partial charge in [0.25, 0.3) is 5.91 Å². The molecule has 3 aromatic rings.